The lowest BCUT2D eigenvalue weighted by Gasteiger charge is -2.32. The Bertz CT molecular complexity index is 480. The molecule has 102 valence electrons. The normalized spacial score (nSPS) is 16.2. The molecular weight excluding hydrogens is 242 g/mol. The molecular formula is C13H19N5O. The van der Waals surface area contributed by atoms with Crippen molar-refractivity contribution in [1.82, 2.24) is 9.80 Å². The zero-order chi connectivity index (χ0) is 13.8. The van der Waals surface area contributed by atoms with Crippen LogP contribution in [0.2, 0.25) is 0 Å². The number of guanidine groups is 1. The van der Waals surface area contributed by atoms with Crippen molar-refractivity contribution in [3.8, 4) is 0 Å². The van der Waals surface area contributed by atoms with Crippen molar-refractivity contribution in [3.63, 3.8) is 0 Å². The molecule has 0 atom stereocenters. The number of rotatable bonds is 2. The SMILES string of the molecule is CN1CCN(C(=O)c2cccc(NC(=N)N)c2)CC1. The van der Waals surface area contributed by atoms with Gasteiger partial charge >= 0.3 is 0 Å². The quantitative estimate of drug-likeness (QED) is 0.531. The van der Waals surface area contributed by atoms with Crippen LogP contribution in [-0.4, -0.2) is 54.9 Å². The molecule has 1 aliphatic rings. The molecule has 1 heterocycles. The number of hydrogen-bond acceptors (Lipinski definition) is 3. The van der Waals surface area contributed by atoms with Crippen molar-refractivity contribution in [3.05, 3.63) is 29.8 Å². The number of anilines is 1. The van der Waals surface area contributed by atoms with Crippen molar-refractivity contribution in [1.29, 1.82) is 5.41 Å². The van der Waals surface area contributed by atoms with Gasteiger partial charge in [-0.15, -0.1) is 0 Å². The maximum atomic E-state index is 12.3. The average molecular weight is 261 g/mol. The predicted molar refractivity (Wildman–Crippen MR) is 75.4 cm³/mol. The molecule has 1 amide bonds. The topological polar surface area (TPSA) is 85.5 Å². The number of benzene rings is 1. The molecule has 0 saturated carbocycles. The third-order valence-electron chi connectivity index (χ3n) is 3.18. The summed E-state index contributed by atoms with van der Waals surface area (Å²) >= 11 is 0. The maximum Gasteiger partial charge on any atom is 0.254 e. The van der Waals surface area contributed by atoms with E-state index in [1.165, 1.54) is 0 Å². The van der Waals surface area contributed by atoms with Crippen LogP contribution in [0.3, 0.4) is 0 Å². The summed E-state index contributed by atoms with van der Waals surface area (Å²) < 4.78 is 0. The molecule has 0 aliphatic carbocycles. The second-order valence-corrected chi connectivity index (χ2v) is 4.71. The van der Waals surface area contributed by atoms with E-state index in [1.54, 1.807) is 24.3 Å². The first-order valence-electron chi connectivity index (χ1n) is 6.25. The monoisotopic (exact) mass is 261 g/mol. The number of hydrogen-bond donors (Lipinski definition) is 3. The van der Waals surface area contributed by atoms with Crippen molar-refractivity contribution >= 4 is 17.6 Å². The van der Waals surface area contributed by atoms with Crippen LogP contribution in [0.5, 0.6) is 0 Å². The lowest BCUT2D eigenvalue weighted by Crippen LogP contribution is -2.47. The first-order valence-corrected chi connectivity index (χ1v) is 6.25. The van der Waals surface area contributed by atoms with Crippen LogP contribution >= 0.6 is 0 Å². The minimum atomic E-state index is -0.135. The Hall–Kier alpha value is -2.08. The molecule has 6 heteroatoms. The third kappa shape index (κ3) is 3.45. The second-order valence-electron chi connectivity index (χ2n) is 4.71. The summed E-state index contributed by atoms with van der Waals surface area (Å²) in [7, 11) is 2.05. The fraction of sp³-hybridized carbons (Fsp3) is 0.385. The summed E-state index contributed by atoms with van der Waals surface area (Å²) in [4.78, 5) is 16.4. The van der Waals surface area contributed by atoms with Gasteiger partial charge in [0.25, 0.3) is 5.91 Å². The Kier molecular flexibility index (Phi) is 4.01. The van der Waals surface area contributed by atoms with Gasteiger partial charge in [-0.05, 0) is 25.2 Å². The summed E-state index contributed by atoms with van der Waals surface area (Å²) in [6, 6.07) is 7.07. The van der Waals surface area contributed by atoms with E-state index >= 15 is 0 Å². The minimum Gasteiger partial charge on any atom is -0.370 e. The van der Waals surface area contributed by atoms with Gasteiger partial charge in [-0.25, -0.2) is 0 Å². The third-order valence-corrected chi connectivity index (χ3v) is 3.18. The number of piperazine rings is 1. The molecule has 1 aliphatic heterocycles. The van der Waals surface area contributed by atoms with E-state index < -0.39 is 0 Å². The van der Waals surface area contributed by atoms with Gasteiger partial charge in [0.1, 0.15) is 0 Å². The van der Waals surface area contributed by atoms with E-state index in [9.17, 15) is 4.79 Å². The fourth-order valence-electron chi connectivity index (χ4n) is 2.08. The smallest absolute Gasteiger partial charge is 0.254 e. The Morgan fingerprint density at radius 3 is 2.63 bits per heavy atom. The Balaban J connectivity index is 2.08. The number of nitrogens with two attached hydrogens (primary N) is 1. The van der Waals surface area contributed by atoms with Crippen molar-refractivity contribution in [2.75, 3.05) is 38.5 Å². The van der Waals surface area contributed by atoms with E-state index in [-0.39, 0.29) is 11.9 Å². The van der Waals surface area contributed by atoms with Crippen molar-refractivity contribution < 1.29 is 4.79 Å². The van der Waals surface area contributed by atoms with E-state index in [0.717, 1.165) is 26.2 Å². The number of carbonyl (C=O) groups excluding carboxylic acids is 1. The number of likely N-dealkylation sites (N-methyl/N-ethyl adjacent to an activating group) is 1. The minimum absolute atomic E-state index is 0.0281. The van der Waals surface area contributed by atoms with Crippen molar-refractivity contribution in [2.24, 2.45) is 5.73 Å². The molecule has 4 N–H and O–H groups in total. The van der Waals surface area contributed by atoms with Gasteiger partial charge in [0.05, 0.1) is 0 Å². The number of amides is 1. The Labute approximate surface area is 112 Å². The Morgan fingerprint density at radius 2 is 2.00 bits per heavy atom. The average Bonchev–Trinajstić information content (AvgIpc) is 2.38. The van der Waals surface area contributed by atoms with Crippen LogP contribution in [0.25, 0.3) is 0 Å². The van der Waals surface area contributed by atoms with E-state index in [1.807, 2.05) is 4.90 Å². The fourth-order valence-corrected chi connectivity index (χ4v) is 2.08. The highest BCUT2D eigenvalue weighted by Crippen LogP contribution is 2.13. The number of carbonyl (C=O) groups is 1. The van der Waals surface area contributed by atoms with Crippen LogP contribution in [0, 0.1) is 5.41 Å². The highest BCUT2D eigenvalue weighted by Gasteiger charge is 2.20. The molecule has 0 radical (unpaired) electrons. The summed E-state index contributed by atoms with van der Waals surface area (Å²) in [5.74, 6) is -0.107. The molecule has 6 nitrogen and oxygen atoms in total. The van der Waals surface area contributed by atoms with E-state index in [2.05, 4.69) is 17.3 Å². The lowest BCUT2D eigenvalue weighted by atomic mass is 10.1. The molecule has 0 aromatic heterocycles. The van der Waals surface area contributed by atoms with E-state index in [4.69, 9.17) is 11.1 Å². The standard InChI is InChI=1S/C13H19N5O/c1-17-5-7-18(8-6-17)12(19)10-3-2-4-11(9-10)16-13(14)15/h2-4,9H,5-8H2,1H3,(H4,14,15,16). The molecule has 0 spiro atoms. The van der Waals surface area contributed by atoms with Crippen LogP contribution in [0.15, 0.2) is 24.3 Å². The summed E-state index contributed by atoms with van der Waals surface area (Å²) in [5.41, 5.74) is 6.56. The zero-order valence-corrected chi connectivity index (χ0v) is 11.0. The van der Waals surface area contributed by atoms with Gasteiger partial charge in [-0.1, -0.05) is 6.07 Å². The molecule has 19 heavy (non-hydrogen) atoms. The van der Waals surface area contributed by atoms with Gasteiger partial charge in [0, 0.05) is 37.4 Å². The molecule has 1 aromatic rings. The summed E-state index contributed by atoms with van der Waals surface area (Å²) in [6.45, 7) is 3.30. The van der Waals surface area contributed by atoms with Crippen LogP contribution < -0.4 is 11.1 Å². The largest absolute Gasteiger partial charge is 0.370 e. The highest BCUT2D eigenvalue weighted by atomic mass is 16.2. The lowest BCUT2D eigenvalue weighted by molar-refractivity contribution is 0.0664. The first kappa shape index (κ1) is 13.4. The highest BCUT2D eigenvalue weighted by molar-refractivity contribution is 5.97. The van der Waals surface area contributed by atoms with E-state index in [0.29, 0.717) is 11.3 Å². The Morgan fingerprint density at radius 1 is 1.32 bits per heavy atom. The van der Waals surface area contributed by atoms with Gasteiger partial charge in [-0.2, -0.15) is 0 Å². The van der Waals surface area contributed by atoms with Gasteiger partial charge in [-0.3, -0.25) is 10.2 Å². The molecule has 2 rings (SSSR count). The first-order chi connectivity index (χ1) is 9.06. The van der Waals surface area contributed by atoms with Crippen LogP contribution in [0.4, 0.5) is 5.69 Å². The second kappa shape index (κ2) is 5.71. The van der Waals surface area contributed by atoms with Crippen LogP contribution in [-0.2, 0) is 0 Å². The van der Waals surface area contributed by atoms with Gasteiger partial charge in [0.2, 0.25) is 0 Å². The zero-order valence-electron chi connectivity index (χ0n) is 11.0. The maximum absolute atomic E-state index is 12.3. The number of nitrogens with one attached hydrogen (secondary N) is 2. The summed E-state index contributed by atoms with van der Waals surface area (Å²) in [5, 5.41) is 9.89. The van der Waals surface area contributed by atoms with Crippen LogP contribution in [0.1, 0.15) is 10.4 Å². The molecule has 1 aromatic carbocycles. The molecule has 0 unspecified atom stereocenters. The summed E-state index contributed by atoms with van der Waals surface area (Å²) in [6.07, 6.45) is 0. The van der Waals surface area contributed by atoms with Gasteiger partial charge in [0.15, 0.2) is 5.96 Å². The van der Waals surface area contributed by atoms with Gasteiger partial charge < -0.3 is 20.9 Å². The molecule has 0 bridgehead atoms. The predicted octanol–water partition coefficient (Wildman–Crippen LogP) is 0.380. The number of nitrogens with zero attached hydrogens (tertiary/aromatic N) is 2. The molecule has 1 saturated heterocycles. The molecule has 1 fully saturated rings. The van der Waals surface area contributed by atoms with Crippen molar-refractivity contribution in [2.45, 2.75) is 0 Å².